The van der Waals surface area contributed by atoms with E-state index in [1.165, 1.54) is 0 Å². The topological polar surface area (TPSA) is 65.1 Å². The fraction of sp³-hybridized carbons (Fsp3) is 0.429. The summed E-state index contributed by atoms with van der Waals surface area (Å²) in [6, 6.07) is 10.1. The Hall–Kier alpha value is -1.90. The second kappa shape index (κ2) is 6.32. The summed E-state index contributed by atoms with van der Waals surface area (Å²) in [4.78, 5) is 6.64. The summed E-state index contributed by atoms with van der Waals surface area (Å²) in [7, 11) is 1.95. The summed E-state index contributed by atoms with van der Waals surface area (Å²) < 4.78 is 2.09. The molecule has 0 bridgehead atoms. The first kappa shape index (κ1) is 13.5. The van der Waals surface area contributed by atoms with Crippen molar-refractivity contribution < 1.29 is 5.11 Å². The Kier molecular flexibility index (Phi) is 4.50. The Bertz CT molecular complexity index is 585. The molecule has 1 aromatic heterocycles. The molecular weight excluding hydrogens is 240 g/mol. The van der Waals surface area contributed by atoms with Gasteiger partial charge in [-0.25, -0.2) is 4.98 Å². The molecule has 0 aliphatic heterocycles. The number of hydrogen-bond acceptors (Lipinski definition) is 4. The Morgan fingerprint density at radius 3 is 2.95 bits per heavy atom. The zero-order chi connectivity index (χ0) is 13.7. The van der Waals surface area contributed by atoms with E-state index < -0.39 is 0 Å². The molecule has 5 nitrogen and oxygen atoms in total. The summed E-state index contributed by atoms with van der Waals surface area (Å²) in [6.45, 7) is 2.07. The van der Waals surface area contributed by atoms with Crippen LogP contribution in [0.1, 0.15) is 12.2 Å². The van der Waals surface area contributed by atoms with Crippen molar-refractivity contribution in [3.05, 3.63) is 30.1 Å². The molecular formula is C14H18N4O. The fourth-order valence-electron chi connectivity index (χ4n) is 2.15. The first-order chi connectivity index (χ1) is 9.26. The van der Waals surface area contributed by atoms with E-state index >= 15 is 0 Å². The van der Waals surface area contributed by atoms with Crippen molar-refractivity contribution in [3.8, 4) is 6.07 Å². The fourth-order valence-corrected chi connectivity index (χ4v) is 2.15. The van der Waals surface area contributed by atoms with E-state index in [2.05, 4.69) is 15.6 Å². The number of para-hydroxylation sites is 2. The normalized spacial score (nSPS) is 11.1. The molecule has 2 rings (SSSR count). The highest BCUT2D eigenvalue weighted by molar-refractivity contribution is 5.75. The Morgan fingerprint density at radius 2 is 2.21 bits per heavy atom. The van der Waals surface area contributed by atoms with E-state index in [9.17, 15) is 0 Å². The number of aliphatic hydroxyl groups excluding tert-OH is 1. The molecule has 0 radical (unpaired) electrons. The van der Waals surface area contributed by atoms with Crippen molar-refractivity contribution in [1.82, 2.24) is 14.5 Å². The molecule has 5 heteroatoms. The Morgan fingerprint density at radius 1 is 1.42 bits per heavy atom. The third-order valence-corrected chi connectivity index (χ3v) is 3.07. The summed E-state index contributed by atoms with van der Waals surface area (Å²) >= 11 is 0. The van der Waals surface area contributed by atoms with Gasteiger partial charge in [0.2, 0.25) is 0 Å². The highest BCUT2D eigenvalue weighted by Gasteiger charge is 2.11. The van der Waals surface area contributed by atoms with Crippen molar-refractivity contribution in [1.29, 1.82) is 5.26 Å². The van der Waals surface area contributed by atoms with E-state index in [-0.39, 0.29) is 6.61 Å². The van der Waals surface area contributed by atoms with Crippen LogP contribution >= 0.6 is 0 Å². The molecule has 0 amide bonds. The third-order valence-electron chi connectivity index (χ3n) is 3.07. The lowest BCUT2D eigenvalue weighted by molar-refractivity contribution is 0.213. The number of nitriles is 1. The van der Waals surface area contributed by atoms with Crippen LogP contribution in [0.3, 0.4) is 0 Å². The number of aromatic nitrogens is 2. The molecule has 0 fully saturated rings. The van der Waals surface area contributed by atoms with Crippen LogP contribution in [-0.2, 0) is 13.1 Å². The van der Waals surface area contributed by atoms with Crippen molar-refractivity contribution in [3.63, 3.8) is 0 Å². The molecule has 0 aliphatic carbocycles. The number of benzene rings is 1. The molecule has 1 N–H and O–H groups in total. The van der Waals surface area contributed by atoms with Crippen molar-refractivity contribution in [2.45, 2.75) is 19.5 Å². The second-order valence-electron chi connectivity index (χ2n) is 4.54. The maximum absolute atomic E-state index is 8.95. The van der Waals surface area contributed by atoms with Crippen molar-refractivity contribution >= 4 is 11.0 Å². The number of aryl methyl sites for hydroxylation is 1. The van der Waals surface area contributed by atoms with Gasteiger partial charge in [0.1, 0.15) is 5.82 Å². The Balaban J connectivity index is 2.32. The number of hydrogen-bond donors (Lipinski definition) is 1. The first-order valence-electron chi connectivity index (χ1n) is 6.36. The lowest BCUT2D eigenvalue weighted by Gasteiger charge is -2.15. The van der Waals surface area contributed by atoms with Gasteiger partial charge >= 0.3 is 0 Å². The predicted molar refractivity (Wildman–Crippen MR) is 73.4 cm³/mol. The van der Waals surface area contributed by atoms with E-state index in [0.717, 1.165) is 16.9 Å². The van der Waals surface area contributed by atoms with Crippen LogP contribution in [0.25, 0.3) is 11.0 Å². The minimum Gasteiger partial charge on any atom is -0.395 e. The summed E-state index contributed by atoms with van der Waals surface area (Å²) in [5, 5.41) is 17.7. The number of aliphatic hydroxyl groups is 1. The minimum atomic E-state index is 0.134. The van der Waals surface area contributed by atoms with E-state index in [1.54, 1.807) is 0 Å². The highest BCUT2D eigenvalue weighted by Crippen LogP contribution is 2.17. The second-order valence-corrected chi connectivity index (χ2v) is 4.54. The third kappa shape index (κ3) is 3.11. The predicted octanol–water partition coefficient (Wildman–Crippen LogP) is 1.37. The van der Waals surface area contributed by atoms with Gasteiger partial charge in [0.05, 0.1) is 36.7 Å². The van der Waals surface area contributed by atoms with Gasteiger partial charge in [-0.2, -0.15) is 5.26 Å². The molecule has 2 aromatic rings. The minimum absolute atomic E-state index is 0.134. The number of rotatable bonds is 6. The lowest BCUT2D eigenvalue weighted by Crippen LogP contribution is -2.23. The van der Waals surface area contributed by atoms with Crippen LogP contribution in [0.15, 0.2) is 24.3 Å². The molecule has 19 heavy (non-hydrogen) atoms. The quantitative estimate of drug-likeness (QED) is 0.850. The monoisotopic (exact) mass is 258 g/mol. The van der Waals surface area contributed by atoms with Gasteiger partial charge in [0, 0.05) is 13.1 Å². The van der Waals surface area contributed by atoms with Gasteiger partial charge < -0.3 is 9.67 Å². The molecule has 0 atom stereocenters. The molecule has 100 valence electrons. The standard InChI is InChI=1S/C14H18N4O/c1-17(9-10-19)11-14-16-12-5-2-3-6-13(12)18(14)8-4-7-15/h2-3,5-6,19H,4,8-11H2,1H3. The SMILES string of the molecule is CN(CCO)Cc1nc2ccccc2n1CCC#N. The zero-order valence-corrected chi connectivity index (χ0v) is 11.1. The average molecular weight is 258 g/mol. The Labute approximate surface area is 112 Å². The molecule has 0 aliphatic rings. The summed E-state index contributed by atoms with van der Waals surface area (Å²) in [5.74, 6) is 0.937. The van der Waals surface area contributed by atoms with Gasteiger partial charge in [0.15, 0.2) is 0 Å². The molecule has 0 saturated carbocycles. The van der Waals surface area contributed by atoms with E-state index in [1.807, 2.05) is 36.2 Å². The van der Waals surface area contributed by atoms with Crippen molar-refractivity contribution in [2.75, 3.05) is 20.2 Å². The van der Waals surface area contributed by atoms with Gasteiger partial charge in [-0.05, 0) is 19.2 Å². The van der Waals surface area contributed by atoms with Crippen molar-refractivity contribution in [2.24, 2.45) is 0 Å². The highest BCUT2D eigenvalue weighted by atomic mass is 16.3. The van der Waals surface area contributed by atoms with Crippen LogP contribution in [0.2, 0.25) is 0 Å². The first-order valence-corrected chi connectivity index (χ1v) is 6.36. The number of imidazole rings is 1. The molecule has 1 aromatic carbocycles. The van der Waals surface area contributed by atoms with Gasteiger partial charge in [0.25, 0.3) is 0 Å². The van der Waals surface area contributed by atoms with Gasteiger partial charge in [-0.15, -0.1) is 0 Å². The smallest absolute Gasteiger partial charge is 0.124 e. The van der Waals surface area contributed by atoms with Gasteiger partial charge in [-0.3, -0.25) is 4.90 Å². The molecule has 0 spiro atoms. The maximum atomic E-state index is 8.95. The van der Waals surface area contributed by atoms with Crippen LogP contribution in [0.4, 0.5) is 0 Å². The largest absolute Gasteiger partial charge is 0.395 e. The number of nitrogens with zero attached hydrogens (tertiary/aromatic N) is 4. The van der Waals surface area contributed by atoms with Crippen LogP contribution in [0, 0.1) is 11.3 Å². The number of fused-ring (bicyclic) bond motifs is 1. The molecule has 1 heterocycles. The number of likely N-dealkylation sites (N-methyl/N-ethyl adjacent to an activating group) is 1. The molecule has 0 saturated heterocycles. The van der Waals surface area contributed by atoms with Crippen LogP contribution < -0.4 is 0 Å². The molecule has 0 unspecified atom stereocenters. The zero-order valence-electron chi connectivity index (χ0n) is 11.1. The van der Waals surface area contributed by atoms with Crippen LogP contribution in [-0.4, -0.2) is 39.8 Å². The van der Waals surface area contributed by atoms with E-state index in [0.29, 0.717) is 26.1 Å². The summed E-state index contributed by atoms with van der Waals surface area (Å²) in [5.41, 5.74) is 2.01. The van der Waals surface area contributed by atoms with Gasteiger partial charge in [-0.1, -0.05) is 12.1 Å². The van der Waals surface area contributed by atoms with E-state index in [4.69, 9.17) is 10.4 Å². The van der Waals surface area contributed by atoms with Crippen LogP contribution in [0.5, 0.6) is 0 Å². The lowest BCUT2D eigenvalue weighted by atomic mass is 10.3. The summed E-state index contributed by atoms with van der Waals surface area (Å²) in [6.07, 6.45) is 0.469. The maximum Gasteiger partial charge on any atom is 0.124 e. The average Bonchev–Trinajstić information content (AvgIpc) is 2.74.